The SMILES string of the molecule is CCc1ccc2nc(-c3cccc(Br)c3F)[nH]c2c1. The van der Waals surface area contributed by atoms with Gasteiger partial charge in [0.2, 0.25) is 0 Å². The molecular weight excluding hydrogens is 307 g/mol. The van der Waals surface area contributed by atoms with E-state index in [1.54, 1.807) is 18.2 Å². The van der Waals surface area contributed by atoms with E-state index in [-0.39, 0.29) is 5.82 Å². The molecule has 0 saturated heterocycles. The third kappa shape index (κ3) is 2.16. The predicted octanol–water partition coefficient (Wildman–Crippen LogP) is 4.69. The van der Waals surface area contributed by atoms with Crippen molar-refractivity contribution in [2.45, 2.75) is 13.3 Å². The molecule has 1 heterocycles. The summed E-state index contributed by atoms with van der Waals surface area (Å²) in [5.74, 6) is 0.263. The number of hydrogen-bond acceptors (Lipinski definition) is 1. The molecule has 0 aliphatic heterocycles. The van der Waals surface area contributed by atoms with E-state index in [0.717, 1.165) is 17.5 Å². The number of hydrogen-bond donors (Lipinski definition) is 1. The highest BCUT2D eigenvalue weighted by Gasteiger charge is 2.12. The highest BCUT2D eigenvalue weighted by molar-refractivity contribution is 9.10. The van der Waals surface area contributed by atoms with Crippen molar-refractivity contribution in [1.29, 1.82) is 0 Å². The highest BCUT2D eigenvalue weighted by atomic mass is 79.9. The number of halogens is 2. The molecular formula is C15H12BrFN2. The van der Waals surface area contributed by atoms with Crippen molar-refractivity contribution in [2.75, 3.05) is 0 Å². The summed E-state index contributed by atoms with van der Waals surface area (Å²) in [6.07, 6.45) is 0.968. The molecule has 0 aliphatic carbocycles. The first-order valence-electron chi connectivity index (χ1n) is 6.12. The summed E-state index contributed by atoms with van der Waals surface area (Å²) in [7, 11) is 0. The molecule has 19 heavy (non-hydrogen) atoms. The molecule has 1 aromatic heterocycles. The van der Waals surface area contributed by atoms with Crippen LogP contribution in [0.2, 0.25) is 0 Å². The second-order valence-electron chi connectivity index (χ2n) is 4.39. The summed E-state index contributed by atoms with van der Waals surface area (Å²) in [5, 5.41) is 0. The van der Waals surface area contributed by atoms with Crippen LogP contribution in [-0.2, 0) is 6.42 Å². The number of imidazole rings is 1. The number of benzene rings is 2. The highest BCUT2D eigenvalue weighted by Crippen LogP contribution is 2.27. The van der Waals surface area contributed by atoms with Crippen molar-refractivity contribution in [1.82, 2.24) is 9.97 Å². The molecule has 96 valence electrons. The summed E-state index contributed by atoms with van der Waals surface area (Å²) in [4.78, 5) is 7.63. The second kappa shape index (κ2) is 4.78. The zero-order chi connectivity index (χ0) is 13.4. The molecule has 2 aromatic carbocycles. The molecule has 0 bridgehead atoms. The van der Waals surface area contributed by atoms with E-state index in [1.165, 1.54) is 5.56 Å². The van der Waals surface area contributed by atoms with E-state index in [9.17, 15) is 4.39 Å². The average molecular weight is 319 g/mol. The molecule has 4 heteroatoms. The van der Waals surface area contributed by atoms with Crippen molar-refractivity contribution in [3.05, 3.63) is 52.3 Å². The molecule has 0 unspecified atom stereocenters. The monoisotopic (exact) mass is 318 g/mol. The van der Waals surface area contributed by atoms with Gasteiger partial charge in [0.05, 0.1) is 21.1 Å². The number of fused-ring (bicyclic) bond motifs is 1. The number of aromatic amines is 1. The Kier molecular flexibility index (Phi) is 3.11. The van der Waals surface area contributed by atoms with E-state index in [0.29, 0.717) is 15.9 Å². The van der Waals surface area contributed by atoms with Crippen LogP contribution in [0.4, 0.5) is 4.39 Å². The van der Waals surface area contributed by atoms with Crippen LogP contribution in [0.3, 0.4) is 0 Å². The Morgan fingerprint density at radius 3 is 2.89 bits per heavy atom. The maximum absolute atomic E-state index is 14.1. The van der Waals surface area contributed by atoms with Crippen LogP contribution < -0.4 is 0 Å². The topological polar surface area (TPSA) is 28.7 Å². The van der Waals surface area contributed by atoms with Crippen LogP contribution in [0.15, 0.2) is 40.9 Å². The van der Waals surface area contributed by atoms with Gasteiger partial charge in [0.1, 0.15) is 11.6 Å². The molecule has 0 aliphatic rings. The third-order valence-corrected chi connectivity index (χ3v) is 3.77. The van der Waals surface area contributed by atoms with Gasteiger partial charge < -0.3 is 4.98 Å². The Hall–Kier alpha value is -1.68. The molecule has 0 spiro atoms. The fraction of sp³-hybridized carbons (Fsp3) is 0.133. The van der Waals surface area contributed by atoms with Crippen LogP contribution >= 0.6 is 15.9 Å². The van der Waals surface area contributed by atoms with Gasteiger partial charge in [0, 0.05) is 0 Å². The van der Waals surface area contributed by atoms with E-state index in [1.807, 2.05) is 12.1 Å². The maximum Gasteiger partial charge on any atom is 0.148 e. The van der Waals surface area contributed by atoms with Gasteiger partial charge in [-0.05, 0) is 52.2 Å². The molecule has 0 atom stereocenters. The third-order valence-electron chi connectivity index (χ3n) is 3.16. The van der Waals surface area contributed by atoms with Crippen molar-refractivity contribution in [3.8, 4) is 11.4 Å². The molecule has 1 N–H and O–H groups in total. The Balaban J connectivity index is 2.18. The van der Waals surface area contributed by atoms with E-state index in [4.69, 9.17) is 0 Å². The maximum atomic E-state index is 14.1. The number of rotatable bonds is 2. The fourth-order valence-electron chi connectivity index (χ4n) is 2.09. The van der Waals surface area contributed by atoms with Gasteiger partial charge in [0.15, 0.2) is 0 Å². The van der Waals surface area contributed by atoms with Crippen LogP contribution in [0.1, 0.15) is 12.5 Å². The van der Waals surface area contributed by atoms with Crippen molar-refractivity contribution >= 4 is 27.0 Å². The van der Waals surface area contributed by atoms with Gasteiger partial charge in [-0.2, -0.15) is 0 Å². The Morgan fingerprint density at radius 2 is 2.11 bits per heavy atom. The van der Waals surface area contributed by atoms with E-state index in [2.05, 4.69) is 38.9 Å². The first-order valence-corrected chi connectivity index (χ1v) is 6.91. The van der Waals surface area contributed by atoms with E-state index >= 15 is 0 Å². The molecule has 2 nitrogen and oxygen atoms in total. The fourth-order valence-corrected chi connectivity index (χ4v) is 2.46. The Labute approximate surface area is 118 Å². The van der Waals surface area contributed by atoms with Gasteiger partial charge >= 0.3 is 0 Å². The Bertz CT molecular complexity index is 749. The summed E-state index contributed by atoms with van der Waals surface area (Å²) in [6, 6.07) is 11.3. The van der Waals surface area contributed by atoms with Crippen molar-refractivity contribution in [3.63, 3.8) is 0 Å². The lowest BCUT2D eigenvalue weighted by atomic mass is 10.1. The molecule has 0 amide bonds. The van der Waals surface area contributed by atoms with Crippen LogP contribution in [0.5, 0.6) is 0 Å². The second-order valence-corrected chi connectivity index (χ2v) is 5.25. The predicted molar refractivity (Wildman–Crippen MR) is 78.6 cm³/mol. The van der Waals surface area contributed by atoms with Gasteiger partial charge in [-0.15, -0.1) is 0 Å². The van der Waals surface area contributed by atoms with Crippen LogP contribution in [0.25, 0.3) is 22.4 Å². The quantitative estimate of drug-likeness (QED) is 0.729. The Morgan fingerprint density at radius 1 is 1.26 bits per heavy atom. The molecule has 3 aromatic rings. The summed E-state index contributed by atoms with van der Waals surface area (Å²) in [6.45, 7) is 2.10. The van der Waals surface area contributed by atoms with Gasteiger partial charge in [0.25, 0.3) is 0 Å². The molecule has 3 rings (SSSR count). The smallest absolute Gasteiger partial charge is 0.148 e. The lowest BCUT2D eigenvalue weighted by Gasteiger charge is -2.00. The normalized spacial score (nSPS) is 11.1. The minimum absolute atomic E-state index is 0.294. The first-order chi connectivity index (χ1) is 9.19. The van der Waals surface area contributed by atoms with Crippen molar-refractivity contribution in [2.24, 2.45) is 0 Å². The summed E-state index contributed by atoms with van der Waals surface area (Å²) >= 11 is 3.19. The average Bonchev–Trinajstić information content (AvgIpc) is 2.84. The molecule has 0 radical (unpaired) electrons. The molecule has 0 saturated carbocycles. The summed E-state index contributed by atoms with van der Waals surface area (Å²) < 4.78 is 14.5. The minimum atomic E-state index is -0.294. The number of nitrogens with one attached hydrogen (secondary N) is 1. The molecule has 0 fully saturated rings. The lowest BCUT2D eigenvalue weighted by Crippen LogP contribution is -1.87. The zero-order valence-corrected chi connectivity index (χ0v) is 12.0. The van der Waals surface area contributed by atoms with Crippen LogP contribution in [-0.4, -0.2) is 9.97 Å². The minimum Gasteiger partial charge on any atom is -0.338 e. The first kappa shape index (κ1) is 12.4. The van der Waals surface area contributed by atoms with Gasteiger partial charge in [-0.25, -0.2) is 9.37 Å². The number of aryl methyl sites for hydroxylation is 1. The van der Waals surface area contributed by atoms with Crippen molar-refractivity contribution < 1.29 is 4.39 Å². The largest absolute Gasteiger partial charge is 0.338 e. The zero-order valence-electron chi connectivity index (χ0n) is 10.4. The standard InChI is InChI=1S/C15H12BrFN2/c1-2-9-6-7-12-13(8-9)19-15(18-12)10-4-3-5-11(16)14(10)17/h3-8H,2H2,1H3,(H,18,19). The van der Waals surface area contributed by atoms with Crippen LogP contribution in [0, 0.1) is 5.82 Å². The number of nitrogens with zero attached hydrogens (tertiary/aromatic N) is 1. The number of H-pyrrole nitrogens is 1. The van der Waals surface area contributed by atoms with Gasteiger partial charge in [-0.1, -0.05) is 19.1 Å². The number of aromatic nitrogens is 2. The summed E-state index contributed by atoms with van der Waals surface area (Å²) in [5.41, 5.74) is 3.50. The lowest BCUT2D eigenvalue weighted by molar-refractivity contribution is 0.623. The van der Waals surface area contributed by atoms with E-state index < -0.39 is 0 Å². The van der Waals surface area contributed by atoms with Gasteiger partial charge in [-0.3, -0.25) is 0 Å².